The van der Waals surface area contributed by atoms with E-state index in [4.69, 9.17) is 0 Å². The molecule has 1 aromatic carbocycles. The van der Waals surface area contributed by atoms with E-state index in [1.807, 2.05) is 36.4 Å². The number of carbonyl (C=O) groups is 1. The summed E-state index contributed by atoms with van der Waals surface area (Å²) in [5, 5.41) is 4.66. The molecule has 0 saturated heterocycles. The average Bonchev–Trinajstić information content (AvgIpc) is 3.11. The van der Waals surface area contributed by atoms with Crippen LogP contribution in [0.5, 0.6) is 0 Å². The topological polar surface area (TPSA) is 70.1 Å². The van der Waals surface area contributed by atoms with Gasteiger partial charge in [-0.25, -0.2) is 10.4 Å². The summed E-state index contributed by atoms with van der Waals surface area (Å²) in [6.07, 6.45) is 1.62. The molecule has 0 aliphatic heterocycles. The normalized spacial score (nSPS) is 11.3. The van der Waals surface area contributed by atoms with Crippen LogP contribution < -0.4 is 5.43 Å². The van der Waals surface area contributed by atoms with Crippen LogP contribution in [0.15, 0.2) is 50.4 Å². The second-order valence-electron chi connectivity index (χ2n) is 4.28. The summed E-state index contributed by atoms with van der Waals surface area (Å²) in [4.78, 5) is 20.3. The Morgan fingerprint density at radius 1 is 1.41 bits per heavy atom. The molecule has 8 heteroatoms. The van der Waals surface area contributed by atoms with Gasteiger partial charge < -0.3 is 4.98 Å². The quantitative estimate of drug-likeness (QED) is 0.394. The van der Waals surface area contributed by atoms with Crippen molar-refractivity contribution >= 4 is 62.2 Å². The van der Waals surface area contributed by atoms with Crippen LogP contribution in [0.1, 0.15) is 4.88 Å². The Bertz CT molecular complexity index is 794. The zero-order valence-corrected chi connectivity index (χ0v) is 14.5. The number of aromatic amines is 1. The number of amides is 1. The number of thiophene rings is 1. The van der Waals surface area contributed by atoms with Crippen LogP contribution in [0.2, 0.25) is 0 Å². The second kappa shape index (κ2) is 7.08. The van der Waals surface area contributed by atoms with Crippen LogP contribution in [-0.2, 0) is 4.79 Å². The highest BCUT2D eigenvalue weighted by Crippen LogP contribution is 2.20. The Balaban J connectivity index is 1.50. The van der Waals surface area contributed by atoms with Gasteiger partial charge in [0.2, 0.25) is 0 Å². The number of nitrogens with one attached hydrogen (secondary N) is 2. The van der Waals surface area contributed by atoms with Gasteiger partial charge in [-0.2, -0.15) is 5.10 Å². The molecule has 5 nitrogen and oxygen atoms in total. The minimum absolute atomic E-state index is 0.169. The van der Waals surface area contributed by atoms with Crippen molar-refractivity contribution in [3.05, 3.63) is 45.1 Å². The molecule has 0 unspecified atom stereocenters. The predicted octanol–water partition coefficient (Wildman–Crippen LogP) is 3.63. The minimum Gasteiger partial charge on any atom is -0.333 e. The highest BCUT2D eigenvalue weighted by Gasteiger charge is 2.06. The summed E-state index contributed by atoms with van der Waals surface area (Å²) in [5.74, 6) is 0.0861. The molecule has 0 fully saturated rings. The van der Waals surface area contributed by atoms with Gasteiger partial charge in [-0.1, -0.05) is 23.9 Å². The molecule has 112 valence electrons. The smallest absolute Gasteiger partial charge is 0.250 e. The first-order valence-electron chi connectivity index (χ1n) is 6.35. The van der Waals surface area contributed by atoms with Gasteiger partial charge >= 0.3 is 0 Å². The number of H-pyrrole nitrogens is 1. The van der Waals surface area contributed by atoms with Crippen molar-refractivity contribution in [2.75, 3.05) is 5.75 Å². The van der Waals surface area contributed by atoms with E-state index in [1.165, 1.54) is 11.8 Å². The van der Waals surface area contributed by atoms with Crippen LogP contribution in [0.25, 0.3) is 11.0 Å². The number of aromatic nitrogens is 2. The molecule has 2 N–H and O–H groups in total. The zero-order chi connectivity index (χ0) is 15.4. The number of nitrogens with zero attached hydrogens (tertiary/aromatic N) is 2. The summed E-state index contributed by atoms with van der Waals surface area (Å²) in [6.45, 7) is 0. The van der Waals surface area contributed by atoms with Gasteiger partial charge in [0.15, 0.2) is 5.16 Å². The van der Waals surface area contributed by atoms with Gasteiger partial charge in [-0.3, -0.25) is 4.79 Å². The number of hydrogen-bond donors (Lipinski definition) is 2. The third kappa shape index (κ3) is 3.96. The summed E-state index contributed by atoms with van der Waals surface area (Å²) >= 11 is 6.27. The van der Waals surface area contributed by atoms with Gasteiger partial charge in [0.05, 0.1) is 26.8 Å². The maximum absolute atomic E-state index is 11.7. The summed E-state index contributed by atoms with van der Waals surface area (Å²) in [7, 11) is 0. The first-order valence-corrected chi connectivity index (χ1v) is 8.95. The van der Waals surface area contributed by atoms with E-state index in [9.17, 15) is 4.79 Å². The second-order valence-corrected chi connectivity index (χ2v) is 7.74. The lowest BCUT2D eigenvalue weighted by molar-refractivity contribution is -0.118. The van der Waals surface area contributed by atoms with E-state index in [1.54, 1.807) is 17.6 Å². The lowest BCUT2D eigenvalue weighted by Gasteiger charge is -1.97. The fraction of sp³-hybridized carbons (Fsp3) is 0.0714. The molecule has 0 saturated carbocycles. The van der Waals surface area contributed by atoms with Gasteiger partial charge in [0, 0.05) is 4.88 Å². The number of hydrazone groups is 1. The van der Waals surface area contributed by atoms with Crippen molar-refractivity contribution in [1.29, 1.82) is 0 Å². The fourth-order valence-corrected chi connectivity index (χ4v) is 3.70. The Labute approximate surface area is 143 Å². The monoisotopic (exact) mass is 394 g/mol. The largest absolute Gasteiger partial charge is 0.333 e. The number of rotatable bonds is 5. The highest BCUT2D eigenvalue weighted by molar-refractivity contribution is 9.11. The fourth-order valence-electron chi connectivity index (χ4n) is 1.73. The molecule has 0 radical (unpaired) electrons. The lowest BCUT2D eigenvalue weighted by Crippen LogP contribution is -2.19. The van der Waals surface area contributed by atoms with Crippen LogP contribution in [0.3, 0.4) is 0 Å². The van der Waals surface area contributed by atoms with Gasteiger partial charge in [-0.05, 0) is 40.2 Å². The number of para-hydroxylation sites is 2. The predicted molar refractivity (Wildman–Crippen MR) is 94.6 cm³/mol. The van der Waals surface area contributed by atoms with Crippen molar-refractivity contribution in [2.45, 2.75) is 5.16 Å². The Morgan fingerprint density at radius 2 is 2.27 bits per heavy atom. The van der Waals surface area contributed by atoms with Crippen LogP contribution in [0, 0.1) is 0 Å². The molecule has 0 bridgehead atoms. The molecule has 0 aliphatic carbocycles. The Hall–Kier alpha value is -1.64. The SMILES string of the molecule is O=C(CSc1nc2ccccc2[nH]1)N/N=C/c1ccc(Br)s1. The number of fused-ring (bicyclic) bond motifs is 1. The lowest BCUT2D eigenvalue weighted by atomic mass is 10.3. The molecule has 3 aromatic rings. The van der Waals surface area contributed by atoms with E-state index in [0.29, 0.717) is 0 Å². The minimum atomic E-state index is -0.169. The molecule has 2 aromatic heterocycles. The van der Waals surface area contributed by atoms with E-state index < -0.39 is 0 Å². The molecule has 22 heavy (non-hydrogen) atoms. The summed E-state index contributed by atoms with van der Waals surface area (Å²) < 4.78 is 1.03. The van der Waals surface area contributed by atoms with Crippen molar-refractivity contribution in [3.63, 3.8) is 0 Å². The maximum Gasteiger partial charge on any atom is 0.250 e. The zero-order valence-electron chi connectivity index (χ0n) is 11.2. The van der Waals surface area contributed by atoms with Crippen LogP contribution >= 0.6 is 39.0 Å². The number of imidazole rings is 1. The van der Waals surface area contributed by atoms with Crippen LogP contribution in [0.4, 0.5) is 0 Å². The van der Waals surface area contributed by atoms with Crippen LogP contribution in [-0.4, -0.2) is 27.8 Å². The molecule has 2 heterocycles. The van der Waals surface area contributed by atoms with Crippen molar-refractivity contribution < 1.29 is 4.79 Å². The highest BCUT2D eigenvalue weighted by atomic mass is 79.9. The number of halogens is 1. The summed E-state index contributed by atoms with van der Waals surface area (Å²) in [5.41, 5.74) is 4.36. The number of carbonyl (C=O) groups excluding carboxylic acids is 1. The van der Waals surface area contributed by atoms with Gasteiger partial charge in [0.1, 0.15) is 0 Å². The van der Waals surface area contributed by atoms with E-state index in [0.717, 1.165) is 24.9 Å². The number of thioether (sulfide) groups is 1. The van der Waals surface area contributed by atoms with E-state index in [-0.39, 0.29) is 11.7 Å². The number of hydrogen-bond acceptors (Lipinski definition) is 5. The van der Waals surface area contributed by atoms with Crippen molar-refractivity contribution in [2.24, 2.45) is 5.10 Å². The van der Waals surface area contributed by atoms with E-state index in [2.05, 4.69) is 36.4 Å². The number of benzene rings is 1. The Kier molecular flexibility index (Phi) is 4.91. The molecule has 3 rings (SSSR count). The van der Waals surface area contributed by atoms with Gasteiger partial charge in [0.25, 0.3) is 5.91 Å². The first-order chi connectivity index (χ1) is 10.7. The van der Waals surface area contributed by atoms with Gasteiger partial charge in [-0.15, -0.1) is 11.3 Å². The molecule has 0 atom stereocenters. The summed E-state index contributed by atoms with van der Waals surface area (Å²) in [6, 6.07) is 11.6. The molecular weight excluding hydrogens is 384 g/mol. The molecular formula is C14H11BrN4OS2. The standard InChI is InChI=1S/C14H11BrN4OS2/c15-12-6-5-9(22-12)7-16-19-13(20)8-21-14-17-10-3-1-2-4-11(10)18-14/h1-7H,8H2,(H,17,18)(H,19,20)/b16-7+. The molecule has 0 aliphatic rings. The third-order valence-electron chi connectivity index (χ3n) is 2.68. The average molecular weight is 395 g/mol. The Morgan fingerprint density at radius 3 is 3.05 bits per heavy atom. The maximum atomic E-state index is 11.7. The first kappa shape index (κ1) is 15.3. The molecule has 0 spiro atoms. The van der Waals surface area contributed by atoms with E-state index >= 15 is 0 Å². The van der Waals surface area contributed by atoms with Crippen molar-refractivity contribution in [3.8, 4) is 0 Å². The van der Waals surface area contributed by atoms with Crippen molar-refractivity contribution in [1.82, 2.24) is 15.4 Å². The third-order valence-corrected chi connectivity index (χ3v) is 5.11. The molecule has 1 amide bonds.